The van der Waals surface area contributed by atoms with E-state index < -0.39 is 0 Å². The van der Waals surface area contributed by atoms with Crippen LogP contribution in [0.25, 0.3) is 10.9 Å². The van der Waals surface area contributed by atoms with Crippen LogP contribution in [-0.4, -0.2) is 21.1 Å². The number of aromatic nitrogens is 2. The Kier molecular flexibility index (Phi) is 5.01. The molecule has 0 unspecified atom stereocenters. The fourth-order valence-corrected chi connectivity index (χ4v) is 2.86. The van der Waals surface area contributed by atoms with E-state index in [0.717, 1.165) is 10.2 Å². The first kappa shape index (κ1) is 16.7. The summed E-state index contributed by atoms with van der Waals surface area (Å²) in [7, 11) is 0. The topological polar surface area (TPSA) is 59.3 Å². The molecule has 0 spiro atoms. The molecule has 0 aliphatic rings. The number of benzene rings is 2. The third-order valence-corrected chi connectivity index (χ3v) is 4.50. The molecule has 0 saturated carbocycles. The molecule has 3 rings (SSSR count). The number of fused-ring (bicyclic) bond motifs is 1. The van der Waals surface area contributed by atoms with Gasteiger partial charge < -0.3 is 0 Å². The fourth-order valence-electron chi connectivity index (χ4n) is 2.22. The maximum atomic E-state index is 12.7. The minimum atomic E-state index is -0.143. The highest BCUT2D eigenvalue weighted by molar-refractivity contribution is 9.10. The zero-order valence-corrected chi connectivity index (χ0v) is 15.6. The quantitative estimate of drug-likeness (QED) is 0.518. The molecule has 0 amide bonds. The second kappa shape index (κ2) is 7.19. The average molecular weight is 403 g/mol. The van der Waals surface area contributed by atoms with Gasteiger partial charge >= 0.3 is 0 Å². The summed E-state index contributed by atoms with van der Waals surface area (Å²) >= 11 is 4.83. The lowest BCUT2D eigenvalue weighted by Crippen LogP contribution is -2.34. The third kappa shape index (κ3) is 3.52. The Labute approximate surface area is 151 Å². The predicted octanol–water partition coefficient (Wildman–Crippen LogP) is 4.06. The Morgan fingerprint density at radius 3 is 2.62 bits per heavy atom. The van der Waals surface area contributed by atoms with Gasteiger partial charge in [-0.3, -0.25) is 10.2 Å². The van der Waals surface area contributed by atoms with Gasteiger partial charge in [-0.1, -0.05) is 39.8 Å². The van der Waals surface area contributed by atoms with Crippen molar-refractivity contribution in [1.82, 2.24) is 9.66 Å². The smallest absolute Gasteiger partial charge is 0.268 e. The molecule has 0 aliphatic heterocycles. The summed E-state index contributed by atoms with van der Waals surface area (Å²) < 4.78 is 2.42. The number of para-hydroxylation sites is 1. The largest absolute Gasteiger partial charge is 0.280 e. The molecule has 0 radical (unpaired) electrons. The zero-order chi connectivity index (χ0) is 17.1. The van der Waals surface area contributed by atoms with Gasteiger partial charge in [-0.05, 0) is 49.6 Å². The monoisotopic (exact) mass is 402 g/mol. The van der Waals surface area contributed by atoms with Gasteiger partial charge in [-0.25, -0.2) is 14.7 Å². The maximum absolute atomic E-state index is 12.7. The number of hydrogen-bond acceptors (Lipinski definition) is 4. The van der Waals surface area contributed by atoms with Crippen molar-refractivity contribution in [3.8, 4) is 0 Å². The van der Waals surface area contributed by atoms with Crippen LogP contribution in [0.4, 0.5) is 5.69 Å². The highest BCUT2D eigenvalue weighted by Gasteiger charge is 2.09. The van der Waals surface area contributed by atoms with Gasteiger partial charge in [0, 0.05) is 4.47 Å². The van der Waals surface area contributed by atoms with Gasteiger partial charge in [0.25, 0.3) is 5.56 Å². The van der Waals surface area contributed by atoms with Crippen LogP contribution in [0.2, 0.25) is 0 Å². The highest BCUT2D eigenvalue weighted by Crippen LogP contribution is 2.18. The molecule has 24 heavy (non-hydrogen) atoms. The Morgan fingerprint density at radius 1 is 1.21 bits per heavy atom. The van der Waals surface area contributed by atoms with Crippen molar-refractivity contribution < 1.29 is 0 Å². The van der Waals surface area contributed by atoms with Crippen molar-refractivity contribution in [2.45, 2.75) is 6.92 Å². The molecule has 0 fully saturated rings. The van der Waals surface area contributed by atoms with Gasteiger partial charge in [-0.15, -0.1) is 0 Å². The van der Waals surface area contributed by atoms with Crippen LogP contribution in [0, 0.1) is 6.92 Å². The summed E-state index contributed by atoms with van der Waals surface area (Å²) in [6, 6.07) is 14.9. The number of rotatable bonds is 2. The van der Waals surface area contributed by atoms with Gasteiger partial charge in [0.15, 0.2) is 5.17 Å². The summed E-state index contributed by atoms with van der Waals surface area (Å²) in [5, 5.41) is 1.18. The van der Waals surface area contributed by atoms with Crippen molar-refractivity contribution in [1.29, 1.82) is 0 Å². The first-order chi connectivity index (χ1) is 11.6. The van der Waals surface area contributed by atoms with Crippen LogP contribution in [0.5, 0.6) is 0 Å². The Hall–Kier alpha value is -2.12. The molecule has 122 valence electrons. The number of aryl methyl sites for hydroxylation is 1. The van der Waals surface area contributed by atoms with E-state index in [4.69, 9.17) is 0 Å². The van der Waals surface area contributed by atoms with Crippen molar-refractivity contribution in [3.05, 3.63) is 69.2 Å². The normalized spacial score (nSPS) is 11.7. The predicted molar refractivity (Wildman–Crippen MR) is 105 cm³/mol. The summed E-state index contributed by atoms with van der Waals surface area (Å²) in [6.45, 7) is 1.79. The number of hydrogen-bond donors (Lipinski definition) is 1. The van der Waals surface area contributed by atoms with Crippen LogP contribution in [0.3, 0.4) is 0 Å². The summed E-state index contributed by atoms with van der Waals surface area (Å²) in [4.78, 5) is 21.7. The number of halogens is 1. The average Bonchev–Trinajstić information content (AvgIpc) is 2.59. The molecular weight excluding hydrogens is 388 g/mol. The van der Waals surface area contributed by atoms with E-state index in [2.05, 4.69) is 31.3 Å². The van der Waals surface area contributed by atoms with Crippen LogP contribution in [0.15, 0.2) is 62.8 Å². The molecule has 3 aromatic rings. The van der Waals surface area contributed by atoms with E-state index in [1.807, 2.05) is 48.7 Å². The lowest BCUT2D eigenvalue weighted by atomic mass is 10.2. The minimum absolute atomic E-state index is 0.143. The molecule has 1 heterocycles. The Balaban J connectivity index is 2.01. The van der Waals surface area contributed by atoms with Crippen molar-refractivity contribution in [2.75, 3.05) is 11.7 Å². The molecule has 5 nitrogen and oxygen atoms in total. The van der Waals surface area contributed by atoms with Crippen LogP contribution >= 0.6 is 27.7 Å². The summed E-state index contributed by atoms with van der Waals surface area (Å²) in [6.07, 6.45) is 1.90. The van der Waals surface area contributed by atoms with Gasteiger partial charge in [-0.2, -0.15) is 0 Å². The second-order valence-electron chi connectivity index (χ2n) is 5.03. The summed E-state index contributed by atoms with van der Waals surface area (Å²) in [5.41, 5.74) is 4.41. The van der Waals surface area contributed by atoms with E-state index in [-0.39, 0.29) is 5.56 Å². The van der Waals surface area contributed by atoms with Crippen LogP contribution in [-0.2, 0) is 0 Å². The molecule has 2 aromatic carbocycles. The maximum Gasteiger partial charge on any atom is 0.280 e. The fraction of sp³-hybridized carbons (Fsp3) is 0.118. The summed E-state index contributed by atoms with van der Waals surface area (Å²) in [5.74, 6) is 0.580. The third-order valence-electron chi connectivity index (χ3n) is 3.40. The van der Waals surface area contributed by atoms with E-state index in [9.17, 15) is 4.79 Å². The Bertz CT molecular complexity index is 966. The number of amidine groups is 1. The molecule has 0 bridgehead atoms. The van der Waals surface area contributed by atoms with Crippen molar-refractivity contribution in [3.63, 3.8) is 0 Å². The number of thioether (sulfide) groups is 1. The van der Waals surface area contributed by atoms with E-state index >= 15 is 0 Å². The SMILES string of the molecule is CSC(=Nc1ccc(Br)cc1)Nn1c(C)nc2ccccc2c1=O. The van der Waals surface area contributed by atoms with E-state index in [0.29, 0.717) is 21.9 Å². The Morgan fingerprint density at radius 2 is 1.92 bits per heavy atom. The zero-order valence-electron chi connectivity index (χ0n) is 13.2. The van der Waals surface area contributed by atoms with Crippen molar-refractivity contribution >= 4 is 49.4 Å². The van der Waals surface area contributed by atoms with Crippen molar-refractivity contribution in [2.24, 2.45) is 4.99 Å². The molecular formula is C17H15BrN4OS. The van der Waals surface area contributed by atoms with Gasteiger partial charge in [0.05, 0.1) is 16.6 Å². The first-order valence-corrected chi connectivity index (χ1v) is 9.24. The molecule has 0 aliphatic carbocycles. The number of aliphatic imine (C=N–C) groups is 1. The van der Waals surface area contributed by atoms with Crippen LogP contribution < -0.4 is 11.0 Å². The van der Waals surface area contributed by atoms with E-state index in [1.54, 1.807) is 13.0 Å². The lowest BCUT2D eigenvalue weighted by Gasteiger charge is -2.13. The molecule has 0 saturated heterocycles. The van der Waals surface area contributed by atoms with E-state index in [1.165, 1.54) is 16.4 Å². The highest BCUT2D eigenvalue weighted by atomic mass is 79.9. The minimum Gasteiger partial charge on any atom is -0.268 e. The molecule has 7 heteroatoms. The molecule has 1 aromatic heterocycles. The number of nitrogens with zero attached hydrogens (tertiary/aromatic N) is 3. The number of nitrogens with one attached hydrogen (secondary N) is 1. The first-order valence-electron chi connectivity index (χ1n) is 7.22. The standard InChI is InChI=1S/C17H15BrN4OS/c1-11-19-15-6-4-3-5-14(15)16(23)22(11)21-17(24-2)20-13-9-7-12(18)8-10-13/h3-10H,1-2H3,(H,20,21). The van der Waals surface area contributed by atoms with Crippen LogP contribution in [0.1, 0.15) is 5.82 Å². The lowest BCUT2D eigenvalue weighted by molar-refractivity contribution is 0.839. The van der Waals surface area contributed by atoms with Gasteiger partial charge in [0.1, 0.15) is 5.82 Å². The molecule has 1 N–H and O–H groups in total. The molecule has 0 atom stereocenters. The second-order valence-corrected chi connectivity index (χ2v) is 6.74. The van der Waals surface area contributed by atoms with Gasteiger partial charge in [0.2, 0.25) is 0 Å².